The van der Waals surface area contributed by atoms with Gasteiger partial charge in [-0.1, -0.05) is 35.9 Å². The molecule has 1 heterocycles. The quantitative estimate of drug-likeness (QED) is 0.810. The molecule has 0 radical (unpaired) electrons. The predicted octanol–water partition coefficient (Wildman–Crippen LogP) is 4.07. The first-order valence-corrected chi connectivity index (χ1v) is 9.36. The minimum atomic E-state index is -0.554. The van der Waals surface area contributed by atoms with Crippen molar-refractivity contribution in [3.8, 4) is 5.75 Å². The first-order chi connectivity index (χ1) is 12.5. The van der Waals surface area contributed by atoms with Gasteiger partial charge < -0.3 is 14.5 Å². The number of halogens is 1. The predicted molar refractivity (Wildman–Crippen MR) is 106 cm³/mol. The average Bonchev–Trinajstić information content (AvgIpc) is 2.65. The summed E-state index contributed by atoms with van der Waals surface area (Å²) in [7, 11) is 0. The van der Waals surface area contributed by atoms with Crippen molar-refractivity contribution < 1.29 is 9.53 Å². The summed E-state index contributed by atoms with van der Waals surface area (Å²) in [4.78, 5) is 16.9. The second kappa shape index (κ2) is 8.00. The highest BCUT2D eigenvalue weighted by Crippen LogP contribution is 2.26. The lowest BCUT2D eigenvalue weighted by atomic mass is 10.1. The normalized spacial score (nSPS) is 15.7. The topological polar surface area (TPSA) is 32.8 Å². The molecular weight excluding hydrogens is 348 g/mol. The fraction of sp³-hybridized carbons (Fsp3) is 0.381. The van der Waals surface area contributed by atoms with E-state index in [0.717, 1.165) is 13.1 Å². The molecular formula is C21H25ClN2O2. The van der Waals surface area contributed by atoms with Crippen molar-refractivity contribution in [2.45, 2.75) is 26.9 Å². The highest BCUT2D eigenvalue weighted by Gasteiger charge is 2.27. The highest BCUT2D eigenvalue weighted by molar-refractivity contribution is 6.32. The maximum absolute atomic E-state index is 12.7. The second-order valence-electron chi connectivity index (χ2n) is 6.72. The molecule has 0 bridgehead atoms. The standard InChI is InChI=1S/C21H25ClN2O2/c1-15-7-6-9-19(16(15)2)23-11-13-24(14-12-23)21(25)17(3)26-20-10-5-4-8-18(20)22/h4-10,17H,11-14H2,1-3H3/t17-/m1/s1. The van der Waals surface area contributed by atoms with Crippen LogP contribution in [-0.4, -0.2) is 43.1 Å². The summed E-state index contributed by atoms with van der Waals surface area (Å²) >= 11 is 6.12. The van der Waals surface area contributed by atoms with Crippen LogP contribution in [-0.2, 0) is 4.79 Å². The monoisotopic (exact) mass is 372 g/mol. The third-order valence-electron chi connectivity index (χ3n) is 5.00. The van der Waals surface area contributed by atoms with Crippen molar-refractivity contribution in [2.24, 2.45) is 0 Å². The van der Waals surface area contributed by atoms with Crippen molar-refractivity contribution in [2.75, 3.05) is 31.1 Å². The van der Waals surface area contributed by atoms with Crippen LogP contribution in [0.4, 0.5) is 5.69 Å². The van der Waals surface area contributed by atoms with Gasteiger partial charge >= 0.3 is 0 Å². The zero-order chi connectivity index (χ0) is 18.7. The van der Waals surface area contributed by atoms with Gasteiger partial charge in [-0.25, -0.2) is 0 Å². The number of piperazine rings is 1. The van der Waals surface area contributed by atoms with Crippen molar-refractivity contribution in [3.05, 3.63) is 58.6 Å². The number of hydrogen-bond donors (Lipinski definition) is 0. The number of anilines is 1. The molecule has 0 aromatic heterocycles. The molecule has 2 aromatic carbocycles. The molecule has 0 unspecified atom stereocenters. The summed E-state index contributed by atoms with van der Waals surface area (Å²) < 4.78 is 5.77. The lowest BCUT2D eigenvalue weighted by Gasteiger charge is -2.38. The fourth-order valence-electron chi connectivity index (χ4n) is 3.28. The molecule has 138 valence electrons. The molecule has 1 fully saturated rings. The van der Waals surface area contributed by atoms with E-state index in [1.54, 1.807) is 19.1 Å². The molecule has 3 rings (SSSR count). The Bertz CT molecular complexity index is 785. The number of nitrogens with zero attached hydrogens (tertiary/aromatic N) is 2. The van der Waals surface area contributed by atoms with E-state index in [1.165, 1.54) is 16.8 Å². The van der Waals surface area contributed by atoms with Gasteiger partial charge in [-0.05, 0) is 50.1 Å². The van der Waals surface area contributed by atoms with Crippen LogP contribution < -0.4 is 9.64 Å². The number of amides is 1. The number of para-hydroxylation sites is 1. The fourth-order valence-corrected chi connectivity index (χ4v) is 3.46. The number of aryl methyl sites for hydroxylation is 1. The minimum absolute atomic E-state index is 0.00512. The van der Waals surface area contributed by atoms with Gasteiger partial charge in [0, 0.05) is 31.9 Å². The number of benzene rings is 2. The lowest BCUT2D eigenvalue weighted by Crippen LogP contribution is -2.52. The van der Waals surface area contributed by atoms with Gasteiger partial charge in [0.15, 0.2) is 6.10 Å². The Morgan fingerprint density at radius 3 is 2.42 bits per heavy atom. The molecule has 0 aliphatic carbocycles. The smallest absolute Gasteiger partial charge is 0.263 e. The van der Waals surface area contributed by atoms with Crippen LogP contribution in [0.5, 0.6) is 5.75 Å². The minimum Gasteiger partial charge on any atom is -0.479 e. The molecule has 5 heteroatoms. The molecule has 2 aromatic rings. The molecule has 0 saturated carbocycles. The van der Waals surface area contributed by atoms with E-state index in [1.807, 2.05) is 17.0 Å². The Kier molecular flexibility index (Phi) is 5.72. The molecule has 26 heavy (non-hydrogen) atoms. The maximum atomic E-state index is 12.7. The van der Waals surface area contributed by atoms with E-state index in [9.17, 15) is 4.79 Å². The molecule has 1 aliphatic heterocycles. The largest absolute Gasteiger partial charge is 0.479 e. The van der Waals surface area contributed by atoms with E-state index >= 15 is 0 Å². The van der Waals surface area contributed by atoms with Crippen molar-refractivity contribution in [3.63, 3.8) is 0 Å². The number of carbonyl (C=O) groups is 1. The average molecular weight is 373 g/mol. The Labute approximate surface area is 160 Å². The van der Waals surface area contributed by atoms with E-state index in [2.05, 4.69) is 36.9 Å². The first-order valence-electron chi connectivity index (χ1n) is 8.98. The molecule has 0 spiro atoms. The van der Waals surface area contributed by atoms with Crippen LogP contribution in [0.1, 0.15) is 18.1 Å². The maximum Gasteiger partial charge on any atom is 0.263 e. The summed E-state index contributed by atoms with van der Waals surface area (Å²) in [5.74, 6) is 0.551. The summed E-state index contributed by atoms with van der Waals surface area (Å²) in [5.41, 5.74) is 3.86. The number of rotatable bonds is 4. The van der Waals surface area contributed by atoms with E-state index in [-0.39, 0.29) is 5.91 Å². The first kappa shape index (κ1) is 18.6. The van der Waals surface area contributed by atoms with Gasteiger partial charge in [-0.15, -0.1) is 0 Å². The van der Waals surface area contributed by atoms with Crippen LogP contribution in [0.3, 0.4) is 0 Å². The van der Waals surface area contributed by atoms with Crippen molar-refractivity contribution in [1.82, 2.24) is 4.90 Å². The molecule has 1 amide bonds. The van der Waals surface area contributed by atoms with Gasteiger partial charge in [0.25, 0.3) is 5.91 Å². The van der Waals surface area contributed by atoms with Gasteiger partial charge in [-0.3, -0.25) is 4.79 Å². The summed E-state index contributed by atoms with van der Waals surface area (Å²) in [6.07, 6.45) is -0.554. The van der Waals surface area contributed by atoms with Crippen LogP contribution >= 0.6 is 11.6 Å². The van der Waals surface area contributed by atoms with Crippen LogP contribution in [0.25, 0.3) is 0 Å². The zero-order valence-electron chi connectivity index (χ0n) is 15.5. The Balaban J connectivity index is 1.60. The number of carbonyl (C=O) groups excluding carboxylic acids is 1. The lowest BCUT2D eigenvalue weighted by molar-refractivity contribution is -0.138. The van der Waals surface area contributed by atoms with Gasteiger partial charge in [0.1, 0.15) is 5.75 Å². The summed E-state index contributed by atoms with van der Waals surface area (Å²) in [6.45, 7) is 9.12. The van der Waals surface area contributed by atoms with Gasteiger partial charge in [-0.2, -0.15) is 0 Å². The third-order valence-corrected chi connectivity index (χ3v) is 5.31. The molecule has 1 aliphatic rings. The molecule has 0 N–H and O–H groups in total. The summed E-state index contributed by atoms with van der Waals surface area (Å²) in [6, 6.07) is 13.6. The highest BCUT2D eigenvalue weighted by atomic mass is 35.5. The van der Waals surface area contributed by atoms with Gasteiger partial charge in [0.05, 0.1) is 5.02 Å². The Morgan fingerprint density at radius 2 is 1.73 bits per heavy atom. The van der Waals surface area contributed by atoms with Crippen LogP contribution in [0.15, 0.2) is 42.5 Å². The Morgan fingerprint density at radius 1 is 1.04 bits per heavy atom. The SMILES string of the molecule is Cc1cccc(N2CCN(C(=O)[C@@H](C)Oc3ccccc3Cl)CC2)c1C. The molecule has 1 saturated heterocycles. The zero-order valence-corrected chi connectivity index (χ0v) is 16.3. The Hall–Kier alpha value is -2.20. The number of hydrogen-bond acceptors (Lipinski definition) is 3. The third kappa shape index (κ3) is 3.96. The van der Waals surface area contributed by atoms with E-state index in [0.29, 0.717) is 23.9 Å². The van der Waals surface area contributed by atoms with E-state index in [4.69, 9.17) is 16.3 Å². The molecule has 1 atom stereocenters. The van der Waals surface area contributed by atoms with Crippen molar-refractivity contribution in [1.29, 1.82) is 0 Å². The number of ether oxygens (including phenoxy) is 1. The summed E-state index contributed by atoms with van der Waals surface area (Å²) in [5, 5.41) is 0.520. The van der Waals surface area contributed by atoms with Crippen molar-refractivity contribution >= 4 is 23.2 Å². The van der Waals surface area contributed by atoms with Gasteiger partial charge in [0.2, 0.25) is 0 Å². The van der Waals surface area contributed by atoms with E-state index < -0.39 is 6.10 Å². The molecule has 4 nitrogen and oxygen atoms in total. The second-order valence-corrected chi connectivity index (χ2v) is 7.13. The van der Waals surface area contributed by atoms with Crippen LogP contribution in [0, 0.1) is 13.8 Å². The van der Waals surface area contributed by atoms with Crippen LogP contribution in [0.2, 0.25) is 5.02 Å².